The summed E-state index contributed by atoms with van der Waals surface area (Å²) in [5.74, 6) is -0.649. The van der Waals surface area contributed by atoms with E-state index in [0.29, 0.717) is 6.42 Å². The van der Waals surface area contributed by atoms with E-state index in [1.165, 1.54) is 193 Å². The fourth-order valence-corrected chi connectivity index (χ4v) is 5.71. The smallest absolute Gasteiger partial charge is 0.303 e. The molecule has 0 aromatic carbocycles. The zero-order chi connectivity index (χ0) is 28.3. The van der Waals surface area contributed by atoms with Gasteiger partial charge < -0.3 is 5.11 Å². The lowest BCUT2D eigenvalue weighted by molar-refractivity contribution is -0.137. The van der Waals surface area contributed by atoms with E-state index in [9.17, 15) is 4.79 Å². The molecule has 0 saturated heterocycles. The molecular formula is C37H72O2. The maximum absolute atomic E-state index is 10.5. The number of allylic oxidation sites excluding steroid dienone is 2. The molecule has 0 radical (unpaired) electrons. The summed E-state index contributed by atoms with van der Waals surface area (Å²) >= 11 is 0. The average Bonchev–Trinajstić information content (AvgIpc) is 2.93. The van der Waals surface area contributed by atoms with Gasteiger partial charge in [-0.05, 0) is 32.1 Å². The minimum Gasteiger partial charge on any atom is -0.481 e. The van der Waals surface area contributed by atoms with Crippen LogP contribution in [0.3, 0.4) is 0 Å². The largest absolute Gasteiger partial charge is 0.481 e. The lowest BCUT2D eigenvalue weighted by Crippen LogP contribution is -1.93. The summed E-state index contributed by atoms with van der Waals surface area (Å²) in [6.07, 6.45) is 49.4. The lowest BCUT2D eigenvalue weighted by Gasteiger charge is -2.04. The number of rotatable bonds is 34. The van der Waals surface area contributed by atoms with Crippen molar-refractivity contribution in [3.05, 3.63) is 12.2 Å². The zero-order valence-corrected chi connectivity index (χ0v) is 26.8. The van der Waals surface area contributed by atoms with Crippen LogP contribution < -0.4 is 0 Å². The van der Waals surface area contributed by atoms with Gasteiger partial charge in [-0.15, -0.1) is 0 Å². The predicted molar refractivity (Wildman–Crippen MR) is 175 cm³/mol. The first kappa shape index (κ1) is 38.2. The van der Waals surface area contributed by atoms with Gasteiger partial charge in [0.15, 0.2) is 0 Å². The highest BCUT2D eigenvalue weighted by molar-refractivity contribution is 5.66. The second-order valence-corrected chi connectivity index (χ2v) is 12.4. The summed E-state index contributed by atoms with van der Waals surface area (Å²) in [4.78, 5) is 10.5. The molecule has 0 amide bonds. The van der Waals surface area contributed by atoms with Gasteiger partial charge in [-0.3, -0.25) is 4.79 Å². The monoisotopic (exact) mass is 549 g/mol. The van der Waals surface area contributed by atoms with Crippen LogP contribution in [0.15, 0.2) is 12.2 Å². The van der Waals surface area contributed by atoms with Crippen molar-refractivity contribution in [3.63, 3.8) is 0 Å². The summed E-state index contributed by atoms with van der Waals surface area (Å²) in [5, 5.41) is 8.63. The van der Waals surface area contributed by atoms with Gasteiger partial charge in [0.1, 0.15) is 0 Å². The lowest BCUT2D eigenvalue weighted by atomic mass is 10.0. The first-order chi connectivity index (χ1) is 19.3. The quantitative estimate of drug-likeness (QED) is 0.0641. The van der Waals surface area contributed by atoms with Crippen LogP contribution in [0.1, 0.15) is 219 Å². The van der Waals surface area contributed by atoms with E-state index in [-0.39, 0.29) is 0 Å². The molecule has 2 heteroatoms. The van der Waals surface area contributed by atoms with Gasteiger partial charge in [0, 0.05) is 6.42 Å². The normalized spacial score (nSPS) is 11.6. The number of carboxylic acid groups (broad SMARTS) is 1. The molecule has 39 heavy (non-hydrogen) atoms. The standard InChI is InChI=1S/C37H72O2/c1-2-3-4-5-6-7-8-9-10-11-12-13-14-15-16-17-18-19-20-21-22-23-24-25-26-27-28-29-30-31-32-33-34-35-36-37(38)39/h14-15H,2-13,16-36H2,1H3,(H,38,39)/b15-14-. The molecule has 0 fully saturated rings. The molecule has 0 aromatic rings. The van der Waals surface area contributed by atoms with Crippen molar-refractivity contribution < 1.29 is 9.90 Å². The fraction of sp³-hybridized carbons (Fsp3) is 0.919. The van der Waals surface area contributed by atoms with Crippen LogP contribution in [0.5, 0.6) is 0 Å². The molecule has 0 unspecified atom stereocenters. The number of carbonyl (C=O) groups is 1. The summed E-state index contributed by atoms with van der Waals surface area (Å²) in [7, 11) is 0. The molecule has 232 valence electrons. The van der Waals surface area contributed by atoms with Gasteiger partial charge in [-0.25, -0.2) is 0 Å². The van der Waals surface area contributed by atoms with E-state index in [1.807, 2.05) is 0 Å². The third-order valence-corrected chi connectivity index (χ3v) is 8.40. The van der Waals surface area contributed by atoms with Crippen molar-refractivity contribution >= 4 is 5.97 Å². The highest BCUT2D eigenvalue weighted by Crippen LogP contribution is 2.16. The summed E-state index contributed by atoms with van der Waals surface area (Å²) in [6.45, 7) is 2.30. The topological polar surface area (TPSA) is 37.3 Å². The van der Waals surface area contributed by atoms with Gasteiger partial charge in [0.25, 0.3) is 0 Å². The van der Waals surface area contributed by atoms with Crippen molar-refractivity contribution in [2.45, 2.75) is 219 Å². The van der Waals surface area contributed by atoms with Crippen molar-refractivity contribution in [1.82, 2.24) is 0 Å². The Kier molecular flexibility index (Phi) is 34.5. The highest BCUT2D eigenvalue weighted by Gasteiger charge is 1.98. The SMILES string of the molecule is CCCCCCCCCCCCC/C=C\CCCCCCCCCCCCCCCCCCCCCC(=O)O. The van der Waals surface area contributed by atoms with E-state index >= 15 is 0 Å². The molecule has 0 saturated carbocycles. The van der Waals surface area contributed by atoms with Crippen molar-refractivity contribution in [2.75, 3.05) is 0 Å². The molecule has 0 aromatic heterocycles. The first-order valence-corrected chi connectivity index (χ1v) is 18.1. The fourth-order valence-electron chi connectivity index (χ4n) is 5.71. The maximum atomic E-state index is 10.5. The molecular weight excluding hydrogens is 476 g/mol. The Bertz CT molecular complexity index is 484. The molecule has 0 aliphatic heterocycles. The van der Waals surface area contributed by atoms with Gasteiger partial charge in [-0.2, -0.15) is 0 Å². The second-order valence-electron chi connectivity index (χ2n) is 12.4. The number of aliphatic carboxylic acids is 1. The van der Waals surface area contributed by atoms with Gasteiger partial charge in [-0.1, -0.05) is 192 Å². The minimum atomic E-state index is -0.649. The van der Waals surface area contributed by atoms with E-state index in [1.54, 1.807) is 0 Å². The van der Waals surface area contributed by atoms with E-state index in [2.05, 4.69) is 19.1 Å². The van der Waals surface area contributed by atoms with Crippen LogP contribution >= 0.6 is 0 Å². The third-order valence-electron chi connectivity index (χ3n) is 8.40. The molecule has 0 bridgehead atoms. The Hall–Kier alpha value is -0.790. The van der Waals surface area contributed by atoms with E-state index in [0.717, 1.165) is 12.8 Å². The molecule has 2 nitrogen and oxygen atoms in total. The predicted octanol–water partition coefficient (Wildman–Crippen LogP) is 13.5. The van der Waals surface area contributed by atoms with Crippen LogP contribution in [-0.4, -0.2) is 11.1 Å². The molecule has 1 N–H and O–H groups in total. The molecule has 0 heterocycles. The molecule has 0 aliphatic carbocycles. The number of unbranched alkanes of at least 4 members (excludes halogenated alkanes) is 30. The van der Waals surface area contributed by atoms with Crippen LogP contribution in [0.4, 0.5) is 0 Å². The third kappa shape index (κ3) is 37.2. The second kappa shape index (κ2) is 35.2. The molecule has 0 rings (SSSR count). The molecule has 0 aliphatic rings. The Morgan fingerprint density at radius 1 is 0.385 bits per heavy atom. The van der Waals surface area contributed by atoms with Gasteiger partial charge >= 0.3 is 5.97 Å². The van der Waals surface area contributed by atoms with Crippen LogP contribution in [0, 0.1) is 0 Å². The summed E-state index contributed by atoms with van der Waals surface area (Å²) < 4.78 is 0. The maximum Gasteiger partial charge on any atom is 0.303 e. The Balaban J connectivity index is 3.08. The highest BCUT2D eigenvalue weighted by atomic mass is 16.4. The zero-order valence-electron chi connectivity index (χ0n) is 26.8. The van der Waals surface area contributed by atoms with Crippen molar-refractivity contribution in [2.24, 2.45) is 0 Å². The van der Waals surface area contributed by atoms with Crippen molar-refractivity contribution in [3.8, 4) is 0 Å². The molecule has 0 atom stereocenters. The van der Waals surface area contributed by atoms with Crippen LogP contribution in [0.2, 0.25) is 0 Å². The van der Waals surface area contributed by atoms with Gasteiger partial charge in [0.05, 0.1) is 0 Å². The summed E-state index contributed by atoms with van der Waals surface area (Å²) in [5.41, 5.74) is 0. The molecule has 0 spiro atoms. The van der Waals surface area contributed by atoms with Crippen LogP contribution in [-0.2, 0) is 4.79 Å². The number of carboxylic acids is 1. The van der Waals surface area contributed by atoms with Crippen molar-refractivity contribution in [1.29, 1.82) is 0 Å². The average molecular weight is 549 g/mol. The Morgan fingerprint density at radius 2 is 0.615 bits per heavy atom. The Morgan fingerprint density at radius 3 is 0.872 bits per heavy atom. The van der Waals surface area contributed by atoms with Gasteiger partial charge in [0.2, 0.25) is 0 Å². The number of hydrogen-bond donors (Lipinski definition) is 1. The Labute approximate surface area is 246 Å². The number of hydrogen-bond acceptors (Lipinski definition) is 1. The van der Waals surface area contributed by atoms with E-state index in [4.69, 9.17) is 5.11 Å². The first-order valence-electron chi connectivity index (χ1n) is 18.1. The van der Waals surface area contributed by atoms with Crippen LogP contribution in [0.25, 0.3) is 0 Å². The minimum absolute atomic E-state index is 0.345. The van der Waals surface area contributed by atoms with E-state index < -0.39 is 5.97 Å². The summed E-state index contributed by atoms with van der Waals surface area (Å²) in [6, 6.07) is 0.